The molecule has 0 aliphatic carbocycles. The first kappa shape index (κ1) is 8.11. The van der Waals surface area contributed by atoms with Gasteiger partial charge in [0.2, 0.25) is 0 Å². The van der Waals surface area contributed by atoms with Crippen LogP contribution in [0.15, 0.2) is 6.07 Å². The van der Waals surface area contributed by atoms with E-state index in [1.807, 2.05) is 0 Å². The van der Waals surface area contributed by atoms with Gasteiger partial charge in [0.15, 0.2) is 0 Å². The Balaban J connectivity index is 0.000000490. The summed E-state index contributed by atoms with van der Waals surface area (Å²) in [6.07, 6.45) is 2.59. The van der Waals surface area contributed by atoms with E-state index in [-0.39, 0.29) is 32.7 Å². The predicted molar refractivity (Wildman–Crippen MR) is 26.5 cm³/mol. The van der Waals surface area contributed by atoms with Gasteiger partial charge in [0.1, 0.15) is 0 Å². The molecule has 0 unspecified atom stereocenters. The summed E-state index contributed by atoms with van der Waals surface area (Å²) < 4.78 is 1.56. The van der Waals surface area contributed by atoms with Gasteiger partial charge >= 0.3 is 0 Å². The van der Waals surface area contributed by atoms with Gasteiger partial charge in [0.05, 0.1) is 0 Å². The first-order valence-electron chi connectivity index (χ1n) is 1.96. The second-order valence-corrected chi connectivity index (χ2v) is 1.32. The number of nitrogen functional groups attached to an aromatic ring is 1. The van der Waals surface area contributed by atoms with Crippen molar-refractivity contribution in [2.45, 2.75) is 0 Å². The molecule has 3 nitrogen and oxygen atoms in total. The van der Waals surface area contributed by atoms with Crippen LogP contribution in [0.1, 0.15) is 0 Å². The van der Waals surface area contributed by atoms with Crippen molar-refractivity contribution in [3.05, 3.63) is 12.3 Å². The van der Waals surface area contributed by atoms with Crippen LogP contribution in [0, 0.1) is 6.20 Å². The first-order chi connectivity index (χ1) is 3.30. The fourth-order valence-electron chi connectivity index (χ4n) is 0.333. The van der Waals surface area contributed by atoms with Crippen LogP contribution in [0.4, 0.5) is 5.82 Å². The molecule has 1 aromatic heterocycles. The van der Waals surface area contributed by atoms with Crippen molar-refractivity contribution in [3.63, 3.8) is 0 Å². The molecule has 4 heteroatoms. The summed E-state index contributed by atoms with van der Waals surface area (Å²) in [5.74, 6) is 0.639. The molecule has 1 aromatic rings. The Bertz CT molecular complexity index is 144. The number of hydrogen-bond acceptors (Lipinski definition) is 2. The molecule has 8 heavy (non-hydrogen) atoms. The van der Waals surface area contributed by atoms with Crippen molar-refractivity contribution >= 4 is 5.82 Å². The van der Waals surface area contributed by atoms with Crippen molar-refractivity contribution in [2.24, 2.45) is 7.05 Å². The van der Waals surface area contributed by atoms with Gasteiger partial charge < -0.3 is 15.5 Å². The molecule has 0 saturated heterocycles. The van der Waals surface area contributed by atoms with E-state index in [2.05, 4.69) is 11.3 Å². The zero-order valence-corrected chi connectivity index (χ0v) is 7.46. The SMILES string of the molecule is Cn1n[c-]cc1N.[Y]. The summed E-state index contributed by atoms with van der Waals surface area (Å²) in [4.78, 5) is 0. The van der Waals surface area contributed by atoms with E-state index in [1.165, 1.54) is 0 Å². The zero-order valence-electron chi connectivity index (χ0n) is 4.63. The molecule has 0 spiro atoms. The van der Waals surface area contributed by atoms with Gasteiger partial charge in [-0.2, -0.15) is 6.07 Å². The van der Waals surface area contributed by atoms with Crippen LogP contribution in [0.5, 0.6) is 0 Å². The molecular formula is C4H6N3Y-. The van der Waals surface area contributed by atoms with Gasteiger partial charge in [0, 0.05) is 39.8 Å². The Morgan fingerprint density at radius 1 is 1.88 bits per heavy atom. The number of nitrogens with zero attached hydrogens (tertiary/aromatic N) is 2. The third-order valence-electron chi connectivity index (χ3n) is 0.794. The molecule has 1 heterocycles. The Hall–Kier alpha value is 0.114. The number of aryl methyl sites for hydroxylation is 1. The minimum atomic E-state index is 0. The zero-order chi connectivity index (χ0) is 5.28. The van der Waals surface area contributed by atoms with Gasteiger partial charge in [-0.1, -0.05) is 0 Å². The molecule has 0 aliphatic heterocycles. The van der Waals surface area contributed by atoms with Gasteiger partial charge in [0.25, 0.3) is 0 Å². The van der Waals surface area contributed by atoms with Crippen LogP contribution in [0.3, 0.4) is 0 Å². The maximum Gasteiger partial charge on any atom is 0.0109 e. The smallest absolute Gasteiger partial charge is 0.0109 e. The van der Waals surface area contributed by atoms with Crippen LogP contribution in [0.2, 0.25) is 0 Å². The molecule has 0 amide bonds. The van der Waals surface area contributed by atoms with E-state index in [0.29, 0.717) is 5.82 Å². The summed E-state index contributed by atoms with van der Waals surface area (Å²) >= 11 is 0. The van der Waals surface area contributed by atoms with Crippen molar-refractivity contribution in [2.75, 3.05) is 5.73 Å². The molecular weight excluding hydrogens is 179 g/mol. The summed E-state index contributed by atoms with van der Waals surface area (Å²) in [7, 11) is 1.77. The summed E-state index contributed by atoms with van der Waals surface area (Å²) in [5.41, 5.74) is 5.31. The molecule has 0 aromatic carbocycles. The predicted octanol–water partition coefficient (Wildman–Crippen LogP) is -0.200. The minimum Gasteiger partial charge on any atom is -0.461 e. The van der Waals surface area contributed by atoms with Crippen molar-refractivity contribution < 1.29 is 32.7 Å². The van der Waals surface area contributed by atoms with Gasteiger partial charge in [-0.15, -0.1) is 6.20 Å². The number of nitrogens with two attached hydrogens (primary N) is 1. The molecule has 2 N–H and O–H groups in total. The number of hydrogen-bond donors (Lipinski definition) is 1. The average Bonchev–Trinajstić information content (AvgIpc) is 1.91. The largest absolute Gasteiger partial charge is 0.461 e. The van der Waals surface area contributed by atoms with Gasteiger partial charge in [-0.3, -0.25) is 0 Å². The number of rotatable bonds is 0. The van der Waals surface area contributed by atoms with Crippen molar-refractivity contribution in [3.8, 4) is 0 Å². The first-order valence-corrected chi connectivity index (χ1v) is 1.96. The van der Waals surface area contributed by atoms with Crippen LogP contribution in [-0.2, 0) is 39.8 Å². The minimum absolute atomic E-state index is 0. The van der Waals surface area contributed by atoms with Gasteiger partial charge in [-0.25, -0.2) is 0 Å². The average molecular weight is 185 g/mol. The molecule has 0 fully saturated rings. The Morgan fingerprint density at radius 2 is 2.50 bits per heavy atom. The standard InChI is InChI=1S/C4H6N3.Y/c1-7-4(5)2-3-6-7;/h2H,5H2,1H3;/q-1;. The summed E-state index contributed by atoms with van der Waals surface area (Å²) in [6.45, 7) is 0. The fraction of sp³-hybridized carbons (Fsp3) is 0.250. The molecule has 0 atom stereocenters. The number of aromatic nitrogens is 2. The third-order valence-corrected chi connectivity index (χ3v) is 0.794. The maximum absolute atomic E-state index is 5.31. The fourth-order valence-corrected chi connectivity index (χ4v) is 0.333. The van der Waals surface area contributed by atoms with E-state index in [1.54, 1.807) is 17.8 Å². The van der Waals surface area contributed by atoms with E-state index in [9.17, 15) is 0 Å². The Labute approximate surface area is 73.1 Å². The molecule has 0 bridgehead atoms. The topological polar surface area (TPSA) is 43.8 Å². The molecule has 41 valence electrons. The second-order valence-electron chi connectivity index (χ2n) is 1.32. The van der Waals surface area contributed by atoms with Crippen LogP contribution < -0.4 is 5.73 Å². The quantitative estimate of drug-likeness (QED) is 0.569. The molecule has 0 aliphatic rings. The van der Waals surface area contributed by atoms with Crippen LogP contribution >= 0.6 is 0 Å². The van der Waals surface area contributed by atoms with E-state index >= 15 is 0 Å². The molecule has 1 rings (SSSR count). The van der Waals surface area contributed by atoms with E-state index < -0.39 is 0 Å². The maximum atomic E-state index is 5.31. The molecule has 0 saturated carbocycles. The normalized spacial score (nSPS) is 8.12. The monoisotopic (exact) mass is 185 g/mol. The van der Waals surface area contributed by atoms with E-state index in [4.69, 9.17) is 5.73 Å². The second kappa shape index (κ2) is 3.20. The van der Waals surface area contributed by atoms with Gasteiger partial charge in [-0.05, 0) is 5.82 Å². The Kier molecular flexibility index (Phi) is 3.25. The Morgan fingerprint density at radius 3 is 2.62 bits per heavy atom. The third kappa shape index (κ3) is 1.56. The molecule has 1 radical (unpaired) electrons. The van der Waals surface area contributed by atoms with Crippen molar-refractivity contribution in [1.82, 2.24) is 9.78 Å². The summed E-state index contributed by atoms with van der Waals surface area (Å²) in [5, 5.41) is 3.68. The van der Waals surface area contributed by atoms with Crippen molar-refractivity contribution in [1.29, 1.82) is 0 Å². The van der Waals surface area contributed by atoms with Crippen LogP contribution in [0.25, 0.3) is 0 Å². The van der Waals surface area contributed by atoms with E-state index in [0.717, 1.165) is 0 Å². The summed E-state index contributed by atoms with van der Waals surface area (Å²) in [6, 6.07) is 1.62. The number of anilines is 1. The van der Waals surface area contributed by atoms with Crippen LogP contribution in [-0.4, -0.2) is 9.78 Å².